The van der Waals surface area contributed by atoms with Crippen LogP contribution < -0.4 is 5.32 Å². The average Bonchev–Trinajstić information content (AvgIpc) is 2.48. The van der Waals surface area contributed by atoms with Gasteiger partial charge in [-0.15, -0.1) is 0 Å². The number of anilines is 1. The molecule has 1 amide bonds. The van der Waals surface area contributed by atoms with Crippen molar-refractivity contribution >= 4 is 33.5 Å². The van der Waals surface area contributed by atoms with Gasteiger partial charge in [0.2, 0.25) is 0 Å². The molecule has 0 bridgehead atoms. The molecular weight excluding hydrogens is 353 g/mol. The van der Waals surface area contributed by atoms with Crippen molar-refractivity contribution in [3.8, 4) is 0 Å². The summed E-state index contributed by atoms with van der Waals surface area (Å²) in [6.07, 6.45) is 0. The van der Waals surface area contributed by atoms with Crippen LogP contribution in [-0.2, 0) is 4.74 Å². The molecule has 1 N–H and O–H groups in total. The van der Waals surface area contributed by atoms with Gasteiger partial charge < -0.3 is 10.1 Å². The van der Waals surface area contributed by atoms with Crippen LogP contribution in [0.25, 0.3) is 0 Å². The molecule has 2 rings (SSSR count). The molecule has 2 aromatic rings. The van der Waals surface area contributed by atoms with E-state index in [4.69, 9.17) is 4.74 Å². The fourth-order valence-electron chi connectivity index (χ4n) is 1.78. The first kappa shape index (κ1) is 16.2. The van der Waals surface area contributed by atoms with Gasteiger partial charge in [-0.2, -0.15) is 0 Å². The Morgan fingerprint density at radius 3 is 2.45 bits per heavy atom. The lowest BCUT2D eigenvalue weighted by atomic mass is 10.2. The molecule has 0 fully saturated rings. The highest BCUT2D eigenvalue weighted by atomic mass is 79.9. The van der Waals surface area contributed by atoms with Crippen LogP contribution in [0.2, 0.25) is 0 Å². The molecule has 0 saturated carbocycles. The van der Waals surface area contributed by atoms with E-state index in [1.54, 1.807) is 31.2 Å². The number of hydrogen-bond donors (Lipinski definition) is 1. The van der Waals surface area contributed by atoms with Crippen LogP contribution in [0, 0.1) is 5.82 Å². The highest BCUT2D eigenvalue weighted by Crippen LogP contribution is 2.20. The Balaban J connectivity index is 2.10. The van der Waals surface area contributed by atoms with E-state index < -0.39 is 11.8 Å². The molecule has 0 aromatic heterocycles. The lowest BCUT2D eigenvalue weighted by molar-refractivity contribution is 0.0526. The van der Waals surface area contributed by atoms with Gasteiger partial charge in [-0.3, -0.25) is 4.79 Å². The Bertz CT molecular complexity index is 701. The van der Waals surface area contributed by atoms with Gasteiger partial charge in [0.05, 0.1) is 17.7 Å². The smallest absolute Gasteiger partial charge is 0.338 e. The van der Waals surface area contributed by atoms with Gasteiger partial charge in [0.1, 0.15) is 5.82 Å². The molecule has 0 heterocycles. The standard InChI is InChI=1S/C16H13BrFNO3/c1-2-22-16(21)10-3-6-12(7-4-10)19-15(20)13-8-5-11(18)9-14(13)17/h3-9H,2H2,1H3,(H,19,20). The summed E-state index contributed by atoms with van der Waals surface area (Å²) in [6, 6.07) is 10.1. The third-order valence-corrected chi connectivity index (χ3v) is 3.49. The number of nitrogens with one attached hydrogen (secondary N) is 1. The van der Waals surface area contributed by atoms with Crippen molar-refractivity contribution in [3.05, 3.63) is 63.9 Å². The zero-order valence-corrected chi connectivity index (χ0v) is 13.3. The van der Waals surface area contributed by atoms with Crippen LogP contribution in [0.3, 0.4) is 0 Å². The largest absolute Gasteiger partial charge is 0.462 e. The van der Waals surface area contributed by atoms with E-state index >= 15 is 0 Å². The third kappa shape index (κ3) is 3.92. The predicted octanol–water partition coefficient (Wildman–Crippen LogP) is 4.02. The lowest BCUT2D eigenvalue weighted by Crippen LogP contribution is -2.13. The van der Waals surface area contributed by atoms with E-state index in [9.17, 15) is 14.0 Å². The second-order valence-corrected chi connectivity index (χ2v) is 5.23. The van der Waals surface area contributed by atoms with Crippen LogP contribution in [-0.4, -0.2) is 18.5 Å². The Morgan fingerprint density at radius 1 is 1.18 bits per heavy atom. The summed E-state index contributed by atoms with van der Waals surface area (Å²) < 4.78 is 18.3. The first-order valence-electron chi connectivity index (χ1n) is 6.55. The zero-order chi connectivity index (χ0) is 16.1. The summed E-state index contributed by atoms with van der Waals surface area (Å²) in [6.45, 7) is 2.03. The molecule has 6 heteroatoms. The van der Waals surface area contributed by atoms with Crippen molar-refractivity contribution in [2.75, 3.05) is 11.9 Å². The molecule has 0 saturated heterocycles. The maximum absolute atomic E-state index is 13.0. The molecule has 0 aliphatic rings. The molecule has 0 unspecified atom stereocenters. The van der Waals surface area contributed by atoms with Gasteiger partial charge in [0, 0.05) is 10.2 Å². The summed E-state index contributed by atoms with van der Waals surface area (Å²) in [5, 5.41) is 2.67. The number of rotatable bonds is 4. The van der Waals surface area contributed by atoms with Gasteiger partial charge in [0.15, 0.2) is 0 Å². The number of carbonyl (C=O) groups is 2. The predicted molar refractivity (Wildman–Crippen MR) is 84.5 cm³/mol. The van der Waals surface area contributed by atoms with E-state index in [0.717, 1.165) is 0 Å². The van der Waals surface area contributed by atoms with Gasteiger partial charge in [-0.1, -0.05) is 0 Å². The summed E-state index contributed by atoms with van der Waals surface area (Å²) in [5.74, 6) is -1.22. The van der Waals surface area contributed by atoms with E-state index in [-0.39, 0.29) is 5.91 Å². The van der Waals surface area contributed by atoms with Crippen LogP contribution in [0.5, 0.6) is 0 Å². The molecule has 114 valence electrons. The quantitative estimate of drug-likeness (QED) is 0.832. The van der Waals surface area contributed by atoms with E-state index in [1.165, 1.54) is 18.2 Å². The van der Waals surface area contributed by atoms with Gasteiger partial charge in [0.25, 0.3) is 5.91 Å². The van der Waals surface area contributed by atoms with Crippen molar-refractivity contribution in [2.24, 2.45) is 0 Å². The molecule has 2 aromatic carbocycles. The van der Waals surface area contributed by atoms with E-state index in [1.807, 2.05) is 0 Å². The highest BCUT2D eigenvalue weighted by molar-refractivity contribution is 9.10. The van der Waals surface area contributed by atoms with Gasteiger partial charge in [-0.05, 0) is 65.3 Å². The van der Waals surface area contributed by atoms with Crippen molar-refractivity contribution < 1.29 is 18.7 Å². The molecule has 0 radical (unpaired) electrons. The number of benzene rings is 2. The number of esters is 1. The number of carbonyl (C=O) groups excluding carboxylic acids is 2. The fraction of sp³-hybridized carbons (Fsp3) is 0.125. The minimum absolute atomic E-state index is 0.302. The van der Waals surface area contributed by atoms with Gasteiger partial charge >= 0.3 is 5.97 Å². The number of ether oxygens (including phenoxy) is 1. The van der Waals surface area contributed by atoms with Crippen molar-refractivity contribution in [3.63, 3.8) is 0 Å². The van der Waals surface area contributed by atoms with E-state index in [2.05, 4.69) is 21.2 Å². The second-order valence-electron chi connectivity index (χ2n) is 4.38. The normalized spacial score (nSPS) is 10.1. The summed E-state index contributed by atoms with van der Waals surface area (Å²) in [7, 11) is 0. The minimum Gasteiger partial charge on any atom is -0.462 e. The summed E-state index contributed by atoms with van der Waals surface area (Å²) in [4.78, 5) is 23.6. The van der Waals surface area contributed by atoms with Crippen LogP contribution in [0.1, 0.15) is 27.6 Å². The van der Waals surface area contributed by atoms with Crippen LogP contribution >= 0.6 is 15.9 Å². The summed E-state index contributed by atoms with van der Waals surface area (Å²) in [5.41, 5.74) is 1.24. The molecular formula is C16H13BrFNO3. The first-order valence-corrected chi connectivity index (χ1v) is 7.34. The van der Waals surface area contributed by atoms with Crippen molar-refractivity contribution in [1.82, 2.24) is 0 Å². The molecule has 0 atom stereocenters. The van der Waals surface area contributed by atoms with Crippen LogP contribution in [0.4, 0.5) is 10.1 Å². The third-order valence-electron chi connectivity index (χ3n) is 2.83. The topological polar surface area (TPSA) is 55.4 Å². The Kier molecular flexibility index (Phi) is 5.27. The Labute approximate surface area is 135 Å². The molecule has 0 spiro atoms. The highest BCUT2D eigenvalue weighted by Gasteiger charge is 2.12. The SMILES string of the molecule is CCOC(=O)c1ccc(NC(=O)c2ccc(F)cc2Br)cc1. The second kappa shape index (κ2) is 7.17. The Morgan fingerprint density at radius 2 is 1.86 bits per heavy atom. The molecule has 0 aliphatic heterocycles. The fourth-order valence-corrected chi connectivity index (χ4v) is 2.31. The maximum atomic E-state index is 13.0. The summed E-state index contributed by atoms with van der Waals surface area (Å²) >= 11 is 3.15. The monoisotopic (exact) mass is 365 g/mol. The number of halogens is 2. The molecule has 0 aliphatic carbocycles. The maximum Gasteiger partial charge on any atom is 0.338 e. The number of hydrogen-bond acceptors (Lipinski definition) is 3. The first-order chi connectivity index (χ1) is 10.5. The van der Waals surface area contributed by atoms with Crippen molar-refractivity contribution in [2.45, 2.75) is 6.92 Å². The zero-order valence-electron chi connectivity index (χ0n) is 11.7. The average molecular weight is 366 g/mol. The lowest BCUT2D eigenvalue weighted by Gasteiger charge is -2.08. The molecule has 22 heavy (non-hydrogen) atoms. The Hall–Kier alpha value is -2.21. The number of amides is 1. The van der Waals surface area contributed by atoms with Gasteiger partial charge in [-0.25, -0.2) is 9.18 Å². The molecule has 4 nitrogen and oxygen atoms in total. The van der Waals surface area contributed by atoms with Crippen LogP contribution in [0.15, 0.2) is 46.9 Å². The van der Waals surface area contributed by atoms with E-state index in [0.29, 0.717) is 27.9 Å². The van der Waals surface area contributed by atoms with Crippen molar-refractivity contribution in [1.29, 1.82) is 0 Å². The minimum atomic E-state index is -0.429.